The number of aryl methyl sites for hydroxylation is 1. The molecule has 6 heteroatoms. The van der Waals surface area contributed by atoms with Gasteiger partial charge in [0.1, 0.15) is 0 Å². The summed E-state index contributed by atoms with van der Waals surface area (Å²) in [6.45, 7) is 3.89. The molecule has 0 bridgehead atoms. The number of fused-ring (bicyclic) bond motifs is 1. The van der Waals surface area contributed by atoms with Gasteiger partial charge in [0.05, 0.1) is 15.6 Å². The highest BCUT2D eigenvalue weighted by Crippen LogP contribution is 2.21. The van der Waals surface area contributed by atoms with E-state index in [1.54, 1.807) is 12.1 Å². The van der Waals surface area contributed by atoms with Gasteiger partial charge in [0.25, 0.3) is 0 Å². The van der Waals surface area contributed by atoms with Gasteiger partial charge in [0.2, 0.25) is 10.0 Å². The van der Waals surface area contributed by atoms with Crippen LogP contribution in [0.3, 0.4) is 0 Å². The molecule has 1 aliphatic rings. The maximum absolute atomic E-state index is 12.8. The average molecular weight is 434 g/mol. The van der Waals surface area contributed by atoms with E-state index in [1.807, 2.05) is 68.4 Å². The minimum absolute atomic E-state index is 0.154. The van der Waals surface area contributed by atoms with Gasteiger partial charge in [-0.05, 0) is 62.1 Å². The van der Waals surface area contributed by atoms with Crippen LogP contribution < -0.4 is 15.4 Å². The van der Waals surface area contributed by atoms with Crippen LogP contribution in [0, 0.1) is 0 Å². The monoisotopic (exact) mass is 433 g/mol. The third-order valence-corrected chi connectivity index (χ3v) is 7.05. The van der Waals surface area contributed by atoms with E-state index in [1.165, 1.54) is 5.56 Å². The first kappa shape index (κ1) is 21.4. The average Bonchev–Trinajstić information content (AvgIpc) is 3.08. The lowest BCUT2D eigenvalue weighted by atomic mass is 10.0. The molecule has 1 aliphatic heterocycles. The molecular formula is C25H27N3O2S. The highest BCUT2D eigenvalue weighted by Gasteiger charge is 2.26. The van der Waals surface area contributed by atoms with Crippen LogP contribution in [0.1, 0.15) is 31.4 Å². The standard InChI is InChI=1S/C25H27N3O2S/c1-19(12-13-20-8-4-3-5-9-20)28-31(29,30)22-16-14-21(15-17-22)18-25(2)26-23-10-6-7-11-24(23)27-25/h3-11,14-17,19,28H,12-13,18H2,1-2H3. The van der Waals surface area contributed by atoms with Crippen LogP contribution in [0.4, 0.5) is 0 Å². The van der Waals surface area contributed by atoms with E-state index in [0.717, 1.165) is 29.1 Å². The topological polar surface area (TPSA) is 70.9 Å². The first-order chi connectivity index (χ1) is 14.8. The molecule has 0 spiro atoms. The number of sulfonamides is 1. The fraction of sp³-hybridized carbons (Fsp3) is 0.280. The fourth-order valence-corrected chi connectivity index (χ4v) is 5.15. The Morgan fingerprint density at radius 2 is 1.42 bits per heavy atom. The van der Waals surface area contributed by atoms with Crippen molar-refractivity contribution in [3.63, 3.8) is 0 Å². The Morgan fingerprint density at radius 1 is 0.839 bits per heavy atom. The molecule has 1 heterocycles. The molecule has 1 N–H and O–H groups in total. The highest BCUT2D eigenvalue weighted by molar-refractivity contribution is 7.89. The molecule has 4 rings (SSSR count). The zero-order chi connectivity index (χ0) is 21.9. The minimum Gasteiger partial charge on any atom is -0.253 e. The summed E-state index contributed by atoms with van der Waals surface area (Å²) in [6, 6.07) is 24.8. The molecule has 31 heavy (non-hydrogen) atoms. The van der Waals surface area contributed by atoms with E-state index in [0.29, 0.717) is 6.42 Å². The van der Waals surface area contributed by atoms with Crippen LogP contribution in [0.15, 0.2) is 93.7 Å². The van der Waals surface area contributed by atoms with Gasteiger partial charge in [0.15, 0.2) is 5.66 Å². The van der Waals surface area contributed by atoms with Crippen LogP contribution in [0.2, 0.25) is 0 Å². The normalized spacial score (nSPS) is 15.5. The van der Waals surface area contributed by atoms with Gasteiger partial charge in [-0.2, -0.15) is 0 Å². The zero-order valence-electron chi connectivity index (χ0n) is 17.8. The summed E-state index contributed by atoms with van der Waals surface area (Å²) < 4.78 is 28.3. The van der Waals surface area contributed by atoms with E-state index in [-0.39, 0.29) is 10.9 Å². The van der Waals surface area contributed by atoms with E-state index >= 15 is 0 Å². The highest BCUT2D eigenvalue weighted by atomic mass is 32.2. The van der Waals surface area contributed by atoms with Crippen molar-refractivity contribution in [2.45, 2.75) is 49.7 Å². The molecule has 5 nitrogen and oxygen atoms in total. The van der Waals surface area contributed by atoms with Gasteiger partial charge in [-0.3, -0.25) is 9.98 Å². The Hall–Kier alpha value is -2.83. The zero-order valence-corrected chi connectivity index (χ0v) is 18.6. The van der Waals surface area contributed by atoms with Gasteiger partial charge >= 0.3 is 0 Å². The predicted molar refractivity (Wildman–Crippen MR) is 122 cm³/mol. The summed E-state index contributed by atoms with van der Waals surface area (Å²) in [5, 5.41) is 1.80. The van der Waals surface area contributed by atoms with Gasteiger partial charge in [0, 0.05) is 12.5 Å². The third-order valence-electron chi connectivity index (χ3n) is 5.44. The van der Waals surface area contributed by atoms with E-state index < -0.39 is 15.7 Å². The lowest BCUT2D eigenvalue weighted by Crippen LogP contribution is -2.33. The van der Waals surface area contributed by atoms with E-state index in [4.69, 9.17) is 9.98 Å². The van der Waals surface area contributed by atoms with Crippen molar-refractivity contribution in [2.75, 3.05) is 0 Å². The number of hydrogen-bond acceptors (Lipinski definition) is 4. The molecule has 160 valence electrons. The molecule has 0 aliphatic carbocycles. The van der Waals surface area contributed by atoms with Crippen molar-refractivity contribution in [1.82, 2.24) is 4.72 Å². The summed E-state index contributed by atoms with van der Waals surface area (Å²) in [5.41, 5.74) is 1.64. The Kier molecular flexibility index (Phi) is 6.03. The van der Waals surface area contributed by atoms with Crippen LogP contribution >= 0.6 is 0 Å². The Morgan fingerprint density at radius 3 is 2.03 bits per heavy atom. The molecule has 3 aromatic carbocycles. The quantitative estimate of drug-likeness (QED) is 0.593. The Balaban J connectivity index is 1.39. The van der Waals surface area contributed by atoms with Crippen molar-refractivity contribution in [3.05, 3.63) is 101 Å². The predicted octanol–water partition coefficient (Wildman–Crippen LogP) is 3.20. The molecule has 0 fully saturated rings. The number of rotatable bonds is 8. The first-order valence-electron chi connectivity index (χ1n) is 10.5. The molecule has 0 saturated heterocycles. The van der Waals surface area contributed by atoms with Crippen LogP contribution in [0.25, 0.3) is 0 Å². The number of hydrogen-bond donors (Lipinski definition) is 1. The van der Waals surface area contributed by atoms with Crippen LogP contribution in [-0.2, 0) is 22.9 Å². The van der Waals surface area contributed by atoms with Gasteiger partial charge in [-0.25, -0.2) is 13.1 Å². The van der Waals surface area contributed by atoms with Crippen LogP contribution in [-0.4, -0.2) is 20.1 Å². The second-order valence-corrected chi connectivity index (χ2v) is 10.0. The van der Waals surface area contributed by atoms with Crippen LogP contribution in [0.5, 0.6) is 0 Å². The summed E-state index contributed by atoms with van der Waals surface area (Å²) in [6.07, 6.45) is 2.18. The number of benzene rings is 3. The number of nitrogens with one attached hydrogen (secondary N) is 1. The molecular weight excluding hydrogens is 406 g/mol. The SMILES string of the molecule is CC(CCc1ccccc1)NS(=O)(=O)c1ccc(CC2(C)N=c3ccccc3=N2)cc1. The fourth-order valence-electron chi connectivity index (χ4n) is 3.87. The first-order valence-corrected chi connectivity index (χ1v) is 12.0. The molecule has 0 saturated carbocycles. The molecule has 0 radical (unpaired) electrons. The maximum atomic E-state index is 12.8. The van der Waals surface area contributed by atoms with Crippen molar-refractivity contribution < 1.29 is 8.42 Å². The summed E-state index contributed by atoms with van der Waals surface area (Å²) >= 11 is 0. The Labute approximate surface area is 183 Å². The summed E-state index contributed by atoms with van der Waals surface area (Å²) in [7, 11) is -3.56. The Bertz CT molecular complexity index is 1240. The number of nitrogens with zero attached hydrogens (tertiary/aromatic N) is 2. The van der Waals surface area contributed by atoms with Crippen molar-refractivity contribution in [3.8, 4) is 0 Å². The van der Waals surface area contributed by atoms with Gasteiger partial charge in [-0.1, -0.05) is 54.6 Å². The van der Waals surface area contributed by atoms with E-state index in [2.05, 4.69) is 16.9 Å². The lowest BCUT2D eigenvalue weighted by molar-refractivity contribution is 0.490. The van der Waals surface area contributed by atoms with Crippen molar-refractivity contribution >= 4 is 10.0 Å². The second-order valence-electron chi connectivity index (χ2n) is 8.30. The summed E-state index contributed by atoms with van der Waals surface area (Å²) in [5.74, 6) is 0. The largest absolute Gasteiger partial charge is 0.253 e. The lowest BCUT2D eigenvalue weighted by Gasteiger charge is -2.18. The van der Waals surface area contributed by atoms with Gasteiger partial charge in [-0.15, -0.1) is 0 Å². The maximum Gasteiger partial charge on any atom is 0.240 e. The minimum atomic E-state index is -3.56. The van der Waals surface area contributed by atoms with Crippen molar-refractivity contribution in [1.29, 1.82) is 0 Å². The van der Waals surface area contributed by atoms with E-state index in [9.17, 15) is 8.42 Å². The van der Waals surface area contributed by atoms with Crippen molar-refractivity contribution in [2.24, 2.45) is 9.98 Å². The van der Waals surface area contributed by atoms with Gasteiger partial charge < -0.3 is 0 Å². The number of para-hydroxylation sites is 2. The summed E-state index contributed by atoms with van der Waals surface area (Å²) in [4.78, 5) is 9.75. The molecule has 0 amide bonds. The smallest absolute Gasteiger partial charge is 0.240 e. The molecule has 1 atom stereocenters. The second kappa shape index (κ2) is 8.73. The molecule has 1 unspecified atom stereocenters. The third kappa shape index (κ3) is 5.27. The molecule has 0 aromatic heterocycles. The molecule has 3 aromatic rings.